The Kier molecular flexibility index (Phi) is 4.14. The summed E-state index contributed by atoms with van der Waals surface area (Å²) in [6, 6.07) is 6.78. The molecule has 23 heavy (non-hydrogen) atoms. The summed E-state index contributed by atoms with van der Waals surface area (Å²) in [7, 11) is 1.72. The van der Waals surface area contributed by atoms with Crippen molar-refractivity contribution in [3.05, 3.63) is 54.0 Å². The zero-order chi connectivity index (χ0) is 16.2. The first-order valence-corrected chi connectivity index (χ1v) is 7.17. The molecule has 0 saturated carbocycles. The van der Waals surface area contributed by atoms with Gasteiger partial charge >= 0.3 is 0 Å². The van der Waals surface area contributed by atoms with Crippen LogP contribution in [0.3, 0.4) is 0 Å². The number of rotatable bonds is 3. The van der Waals surface area contributed by atoms with Gasteiger partial charge in [-0.2, -0.15) is 0 Å². The molecule has 3 rings (SSSR count). The summed E-state index contributed by atoms with van der Waals surface area (Å²) < 4.78 is 10.5. The fraction of sp³-hybridized carbons (Fsp3) is 0.176. The quantitative estimate of drug-likeness (QED) is 0.883. The Bertz CT molecular complexity index is 750. The Labute approximate surface area is 133 Å². The molecule has 1 aliphatic rings. The second-order valence-corrected chi connectivity index (χ2v) is 5.17. The standard InChI is InChI=1S/C17H16N2O4/c1-19-7-9-23-15-4-3-13(10-14(15)17(19)21)18-16(20)5-2-12-6-8-22-11-12/h2-6,8,10-11H,7,9H2,1H3,(H,18,20)/b5-2+. The van der Waals surface area contributed by atoms with E-state index >= 15 is 0 Å². The second-order valence-electron chi connectivity index (χ2n) is 5.17. The van der Waals surface area contributed by atoms with E-state index in [0.717, 1.165) is 5.56 Å². The number of ether oxygens (including phenoxy) is 1. The van der Waals surface area contributed by atoms with Crippen LogP contribution in [0.5, 0.6) is 5.75 Å². The minimum Gasteiger partial charge on any atom is -0.491 e. The van der Waals surface area contributed by atoms with Gasteiger partial charge in [0.15, 0.2) is 0 Å². The Hall–Kier alpha value is -3.02. The van der Waals surface area contributed by atoms with Crippen molar-refractivity contribution >= 4 is 23.6 Å². The minimum atomic E-state index is -0.290. The average Bonchev–Trinajstić information content (AvgIpc) is 3.02. The van der Waals surface area contributed by atoms with Crippen molar-refractivity contribution in [2.45, 2.75) is 0 Å². The predicted molar refractivity (Wildman–Crippen MR) is 85.3 cm³/mol. The smallest absolute Gasteiger partial charge is 0.257 e. The van der Waals surface area contributed by atoms with E-state index in [1.807, 2.05) is 0 Å². The predicted octanol–water partition coefficient (Wildman–Crippen LogP) is 2.40. The molecule has 1 aliphatic heterocycles. The van der Waals surface area contributed by atoms with Gasteiger partial charge < -0.3 is 19.4 Å². The number of hydrogen-bond donors (Lipinski definition) is 1. The van der Waals surface area contributed by atoms with Gasteiger partial charge in [-0.25, -0.2) is 0 Å². The van der Waals surface area contributed by atoms with Gasteiger partial charge in [-0.1, -0.05) is 0 Å². The minimum absolute atomic E-state index is 0.123. The van der Waals surface area contributed by atoms with Crippen LogP contribution >= 0.6 is 0 Å². The third-order valence-electron chi connectivity index (χ3n) is 3.48. The molecular weight excluding hydrogens is 296 g/mol. The monoisotopic (exact) mass is 312 g/mol. The number of benzene rings is 1. The average molecular weight is 312 g/mol. The summed E-state index contributed by atoms with van der Waals surface area (Å²) in [5, 5.41) is 2.73. The summed E-state index contributed by atoms with van der Waals surface area (Å²) in [4.78, 5) is 25.8. The first-order valence-electron chi connectivity index (χ1n) is 7.17. The van der Waals surface area contributed by atoms with Crippen LogP contribution in [0.15, 0.2) is 47.3 Å². The molecule has 2 heterocycles. The molecule has 1 aromatic heterocycles. The number of anilines is 1. The highest BCUT2D eigenvalue weighted by Crippen LogP contribution is 2.26. The van der Waals surface area contributed by atoms with E-state index in [1.165, 1.54) is 18.6 Å². The summed E-state index contributed by atoms with van der Waals surface area (Å²) in [6.45, 7) is 0.983. The zero-order valence-corrected chi connectivity index (χ0v) is 12.6. The molecule has 6 heteroatoms. The number of carbonyl (C=O) groups is 2. The molecule has 6 nitrogen and oxygen atoms in total. The van der Waals surface area contributed by atoms with Crippen molar-refractivity contribution in [1.29, 1.82) is 0 Å². The number of nitrogens with zero attached hydrogens (tertiary/aromatic N) is 1. The summed E-state index contributed by atoms with van der Waals surface area (Å²) in [5.41, 5.74) is 1.78. The van der Waals surface area contributed by atoms with Crippen molar-refractivity contribution in [3.8, 4) is 5.75 Å². The van der Waals surface area contributed by atoms with Crippen LogP contribution in [-0.4, -0.2) is 36.9 Å². The summed E-state index contributed by atoms with van der Waals surface area (Å²) >= 11 is 0. The number of hydrogen-bond acceptors (Lipinski definition) is 4. The van der Waals surface area contributed by atoms with Crippen LogP contribution in [0, 0.1) is 0 Å². The van der Waals surface area contributed by atoms with Crippen LogP contribution in [0.1, 0.15) is 15.9 Å². The maximum Gasteiger partial charge on any atom is 0.257 e. The zero-order valence-electron chi connectivity index (χ0n) is 12.6. The van der Waals surface area contributed by atoms with Gasteiger partial charge in [0.2, 0.25) is 5.91 Å². The van der Waals surface area contributed by atoms with Crippen molar-refractivity contribution in [2.75, 3.05) is 25.5 Å². The molecule has 2 aromatic rings. The fourth-order valence-corrected chi connectivity index (χ4v) is 2.23. The van der Waals surface area contributed by atoms with Gasteiger partial charge in [0, 0.05) is 24.4 Å². The lowest BCUT2D eigenvalue weighted by molar-refractivity contribution is -0.111. The van der Waals surface area contributed by atoms with Crippen molar-refractivity contribution in [2.24, 2.45) is 0 Å². The third-order valence-corrected chi connectivity index (χ3v) is 3.48. The topological polar surface area (TPSA) is 71.8 Å². The van der Waals surface area contributed by atoms with Crippen molar-refractivity contribution in [3.63, 3.8) is 0 Å². The SMILES string of the molecule is CN1CCOc2ccc(NC(=O)/C=C/c3ccoc3)cc2C1=O. The second kappa shape index (κ2) is 6.39. The van der Waals surface area contributed by atoms with E-state index in [1.54, 1.807) is 42.3 Å². The lowest BCUT2D eigenvalue weighted by Crippen LogP contribution is -2.27. The number of amides is 2. The Balaban J connectivity index is 1.75. The highest BCUT2D eigenvalue weighted by molar-refractivity contribution is 6.03. The number of fused-ring (bicyclic) bond motifs is 1. The molecule has 118 valence electrons. The fourth-order valence-electron chi connectivity index (χ4n) is 2.23. The third kappa shape index (κ3) is 3.42. The largest absolute Gasteiger partial charge is 0.491 e. The molecule has 1 aromatic carbocycles. The molecule has 0 fully saturated rings. The maximum absolute atomic E-state index is 12.3. The molecule has 0 bridgehead atoms. The molecule has 1 N–H and O–H groups in total. The molecule has 0 spiro atoms. The van der Waals surface area contributed by atoms with Gasteiger partial charge in [0.25, 0.3) is 5.91 Å². The molecular formula is C17H16N2O4. The molecule has 0 unspecified atom stereocenters. The van der Waals surface area contributed by atoms with Gasteiger partial charge in [-0.05, 0) is 30.3 Å². The Morgan fingerprint density at radius 2 is 2.22 bits per heavy atom. The van der Waals surface area contributed by atoms with E-state index in [-0.39, 0.29) is 11.8 Å². The van der Waals surface area contributed by atoms with Crippen molar-refractivity contribution in [1.82, 2.24) is 4.90 Å². The Morgan fingerprint density at radius 3 is 3.00 bits per heavy atom. The van der Waals surface area contributed by atoms with Crippen LogP contribution < -0.4 is 10.1 Å². The van der Waals surface area contributed by atoms with E-state index in [4.69, 9.17) is 9.15 Å². The van der Waals surface area contributed by atoms with Gasteiger partial charge in [-0.15, -0.1) is 0 Å². The molecule has 0 radical (unpaired) electrons. The number of carbonyl (C=O) groups excluding carboxylic acids is 2. The first kappa shape index (κ1) is 14.9. The molecule has 0 aliphatic carbocycles. The molecule has 0 atom stereocenters. The lowest BCUT2D eigenvalue weighted by Gasteiger charge is -2.13. The van der Waals surface area contributed by atoms with Crippen LogP contribution in [0.4, 0.5) is 5.69 Å². The van der Waals surface area contributed by atoms with Crippen molar-refractivity contribution < 1.29 is 18.7 Å². The highest BCUT2D eigenvalue weighted by Gasteiger charge is 2.21. The van der Waals surface area contributed by atoms with Crippen LogP contribution in [-0.2, 0) is 4.79 Å². The van der Waals surface area contributed by atoms with Gasteiger partial charge in [0.1, 0.15) is 12.4 Å². The molecule has 0 saturated heterocycles. The Morgan fingerprint density at radius 1 is 1.35 bits per heavy atom. The van der Waals surface area contributed by atoms with E-state index in [9.17, 15) is 9.59 Å². The summed E-state index contributed by atoms with van der Waals surface area (Å²) in [6.07, 6.45) is 6.12. The van der Waals surface area contributed by atoms with Crippen LogP contribution in [0.2, 0.25) is 0 Å². The van der Waals surface area contributed by atoms with Gasteiger partial charge in [0.05, 0.1) is 24.6 Å². The first-order chi connectivity index (χ1) is 11.1. The van der Waals surface area contributed by atoms with E-state index in [0.29, 0.717) is 30.2 Å². The van der Waals surface area contributed by atoms with E-state index in [2.05, 4.69) is 5.32 Å². The maximum atomic E-state index is 12.3. The van der Waals surface area contributed by atoms with Gasteiger partial charge in [-0.3, -0.25) is 9.59 Å². The number of furan rings is 1. The number of nitrogens with one attached hydrogen (secondary N) is 1. The normalized spacial score (nSPS) is 14.3. The summed E-state index contributed by atoms with van der Waals surface area (Å²) in [5.74, 6) is 0.121. The lowest BCUT2D eigenvalue weighted by atomic mass is 10.1. The number of likely N-dealkylation sites (N-methyl/N-ethyl adjacent to an activating group) is 1. The van der Waals surface area contributed by atoms with Crippen LogP contribution in [0.25, 0.3) is 6.08 Å². The molecule has 2 amide bonds. The van der Waals surface area contributed by atoms with E-state index < -0.39 is 0 Å². The highest BCUT2D eigenvalue weighted by atomic mass is 16.5.